The largest absolute Gasteiger partial charge is 0.297 e. The third-order valence-corrected chi connectivity index (χ3v) is 3.47. The lowest BCUT2D eigenvalue weighted by Crippen LogP contribution is -2.01. The fourth-order valence-electron chi connectivity index (χ4n) is 2.37. The quantitative estimate of drug-likeness (QED) is 0.320. The number of imidazole rings is 1. The van der Waals surface area contributed by atoms with Gasteiger partial charge in [-0.2, -0.15) is 0 Å². The van der Waals surface area contributed by atoms with E-state index in [4.69, 9.17) is 0 Å². The highest BCUT2D eigenvalue weighted by Gasteiger charge is 2.13. The van der Waals surface area contributed by atoms with Crippen molar-refractivity contribution >= 4 is 23.2 Å². The highest BCUT2D eigenvalue weighted by molar-refractivity contribution is 6.07. The Morgan fingerprint density at radius 1 is 1.22 bits per heavy atom. The number of aromatic nitrogens is 2. The molecule has 0 amide bonds. The molecule has 2 aromatic heterocycles. The van der Waals surface area contributed by atoms with Gasteiger partial charge in [0.15, 0.2) is 0 Å². The zero-order chi connectivity index (χ0) is 16.4. The lowest BCUT2D eigenvalue weighted by molar-refractivity contribution is -0.384. The van der Waals surface area contributed by atoms with Gasteiger partial charge in [-0.15, -0.1) is 0 Å². The first-order chi connectivity index (χ1) is 11.1. The number of non-ortho nitro benzene ring substituents is 1. The molecule has 0 aliphatic rings. The van der Waals surface area contributed by atoms with Crippen LogP contribution in [0.1, 0.15) is 21.7 Å². The lowest BCUT2D eigenvalue weighted by atomic mass is 10.1. The number of allylic oxidation sites excluding steroid dienone is 1. The number of nitro groups is 1. The third-order valence-electron chi connectivity index (χ3n) is 3.47. The monoisotopic (exact) mass is 307 g/mol. The maximum absolute atomic E-state index is 12.4. The number of fused-ring (bicyclic) bond motifs is 1. The van der Waals surface area contributed by atoms with E-state index in [2.05, 4.69) is 4.98 Å². The van der Waals surface area contributed by atoms with E-state index in [-0.39, 0.29) is 11.5 Å². The summed E-state index contributed by atoms with van der Waals surface area (Å²) in [5.74, 6) is -0.167. The zero-order valence-corrected chi connectivity index (χ0v) is 12.3. The van der Waals surface area contributed by atoms with Crippen LogP contribution in [0.5, 0.6) is 0 Å². The maximum atomic E-state index is 12.4. The molecule has 0 spiro atoms. The average Bonchev–Trinajstić information content (AvgIpc) is 2.88. The second-order valence-electron chi connectivity index (χ2n) is 5.02. The van der Waals surface area contributed by atoms with E-state index in [0.29, 0.717) is 11.4 Å². The normalized spacial score (nSPS) is 11.2. The first kappa shape index (κ1) is 14.6. The number of ketones is 1. The second-order valence-corrected chi connectivity index (χ2v) is 5.02. The predicted octanol–water partition coefficient (Wildman–Crippen LogP) is 3.45. The van der Waals surface area contributed by atoms with Crippen LogP contribution in [0.15, 0.2) is 54.7 Å². The van der Waals surface area contributed by atoms with Crippen molar-refractivity contribution < 1.29 is 9.72 Å². The number of nitrogens with zero attached hydrogens (tertiary/aromatic N) is 3. The summed E-state index contributed by atoms with van der Waals surface area (Å²) in [4.78, 5) is 26.9. The van der Waals surface area contributed by atoms with Crippen molar-refractivity contribution in [2.24, 2.45) is 0 Å². The van der Waals surface area contributed by atoms with Gasteiger partial charge >= 0.3 is 0 Å². The highest BCUT2D eigenvalue weighted by Crippen LogP contribution is 2.15. The highest BCUT2D eigenvalue weighted by atomic mass is 16.6. The minimum atomic E-state index is -0.458. The number of carbonyl (C=O) groups is 1. The SMILES string of the molecule is Cc1nc2ccccn2c1C(=O)C=Cc1ccc([N+](=O)[O-])cc1. The number of hydrogen-bond acceptors (Lipinski definition) is 4. The smallest absolute Gasteiger partial charge is 0.269 e. The van der Waals surface area contributed by atoms with Crippen LogP contribution in [0.4, 0.5) is 5.69 Å². The lowest BCUT2D eigenvalue weighted by Gasteiger charge is -1.98. The van der Waals surface area contributed by atoms with Gasteiger partial charge < -0.3 is 0 Å². The van der Waals surface area contributed by atoms with E-state index in [0.717, 1.165) is 11.2 Å². The molecule has 0 atom stereocenters. The molecule has 0 unspecified atom stereocenters. The Labute approximate surface area is 131 Å². The third kappa shape index (κ3) is 2.87. The molecule has 114 valence electrons. The number of carbonyl (C=O) groups excluding carboxylic acids is 1. The first-order valence-corrected chi connectivity index (χ1v) is 6.97. The van der Waals surface area contributed by atoms with Gasteiger partial charge in [0.2, 0.25) is 5.78 Å². The summed E-state index contributed by atoms with van der Waals surface area (Å²) in [6.07, 6.45) is 4.88. The Kier molecular flexibility index (Phi) is 3.72. The van der Waals surface area contributed by atoms with Gasteiger partial charge in [0.1, 0.15) is 11.3 Å². The molecular formula is C17H13N3O3. The number of rotatable bonds is 4. The molecule has 0 saturated carbocycles. The van der Waals surface area contributed by atoms with Gasteiger partial charge in [-0.3, -0.25) is 19.3 Å². The molecule has 1 aromatic carbocycles. The first-order valence-electron chi connectivity index (χ1n) is 6.97. The van der Waals surface area contributed by atoms with Crippen LogP contribution in [-0.4, -0.2) is 20.1 Å². The summed E-state index contributed by atoms with van der Waals surface area (Å²) in [7, 11) is 0. The van der Waals surface area contributed by atoms with Crippen LogP contribution in [0, 0.1) is 17.0 Å². The summed E-state index contributed by atoms with van der Waals surface area (Å²) in [6.45, 7) is 1.79. The van der Waals surface area contributed by atoms with Crippen LogP contribution in [-0.2, 0) is 0 Å². The molecule has 0 bridgehead atoms. The molecule has 0 radical (unpaired) electrons. The molecule has 0 N–H and O–H groups in total. The van der Waals surface area contributed by atoms with Gasteiger partial charge in [0, 0.05) is 18.3 Å². The van der Waals surface area contributed by atoms with E-state index in [1.807, 2.05) is 18.2 Å². The molecule has 3 rings (SSSR count). The van der Waals surface area contributed by atoms with Crippen molar-refractivity contribution in [1.29, 1.82) is 0 Å². The van der Waals surface area contributed by atoms with E-state index in [1.165, 1.54) is 18.2 Å². The molecule has 0 aliphatic heterocycles. The molecular weight excluding hydrogens is 294 g/mol. The number of nitro benzene ring substituents is 1. The van der Waals surface area contributed by atoms with Gasteiger partial charge in [-0.05, 0) is 42.8 Å². The molecule has 0 aliphatic carbocycles. The van der Waals surface area contributed by atoms with Crippen molar-refractivity contribution in [3.8, 4) is 0 Å². The number of aryl methyl sites for hydroxylation is 1. The summed E-state index contributed by atoms with van der Waals surface area (Å²) >= 11 is 0. The van der Waals surface area contributed by atoms with Crippen molar-refractivity contribution in [2.45, 2.75) is 6.92 Å². The van der Waals surface area contributed by atoms with Crippen LogP contribution in [0.3, 0.4) is 0 Å². The minimum Gasteiger partial charge on any atom is -0.297 e. The Bertz CT molecular complexity index is 924. The average molecular weight is 307 g/mol. The topological polar surface area (TPSA) is 77.5 Å². The summed E-state index contributed by atoms with van der Waals surface area (Å²) in [5.41, 5.74) is 2.63. The van der Waals surface area contributed by atoms with E-state index >= 15 is 0 Å². The van der Waals surface area contributed by atoms with Gasteiger partial charge in [-0.1, -0.05) is 12.1 Å². The Balaban J connectivity index is 1.88. The standard InChI is InChI=1S/C17H13N3O3/c1-12-17(19-11-3-2-4-16(19)18-12)15(21)10-7-13-5-8-14(9-6-13)20(22)23/h2-11H,1H3. The fraction of sp³-hybridized carbons (Fsp3) is 0.0588. The molecule has 3 aromatic rings. The summed E-state index contributed by atoms with van der Waals surface area (Å²) in [6, 6.07) is 11.6. The molecule has 0 fully saturated rings. The molecule has 23 heavy (non-hydrogen) atoms. The molecule has 6 heteroatoms. The zero-order valence-electron chi connectivity index (χ0n) is 12.3. The van der Waals surface area contributed by atoms with Gasteiger partial charge in [0.25, 0.3) is 5.69 Å². The van der Waals surface area contributed by atoms with Crippen LogP contribution >= 0.6 is 0 Å². The van der Waals surface area contributed by atoms with Crippen LogP contribution in [0.25, 0.3) is 11.7 Å². The van der Waals surface area contributed by atoms with E-state index in [9.17, 15) is 14.9 Å². The van der Waals surface area contributed by atoms with Crippen molar-refractivity contribution in [1.82, 2.24) is 9.38 Å². The van der Waals surface area contributed by atoms with E-state index < -0.39 is 4.92 Å². The Morgan fingerprint density at radius 3 is 2.65 bits per heavy atom. The minimum absolute atomic E-state index is 0.0195. The Hall–Kier alpha value is -3.28. The molecule has 0 saturated heterocycles. The Morgan fingerprint density at radius 2 is 1.96 bits per heavy atom. The number of pyridine rings is 1. The number of benzene rings is 1. The summed E-state index contributed by atoms with van der Waals surface area (Å²) < 4.78 is 1.75. The van der Waals surface area contributed by atoms with Crippen LogP contribution in [0.2, 0.25) is 0 Å². The second kappa shape index (κ2) is 5.84. The van der Waals surface area contributed by atoms with Crippen LogP contribution < -0.4 is 0 Å². The predicted molar refractivity (Wildman–Crippen MR) is 86.4 cm³/mol. The fourth-order valence-corrected chi connectivity index (χ4v) is 2.37. The number of hydrogen-bond donors (Lipinski definition) is 0. The van der Waals surface area contributed by atoms with Crippen molar-refractivity contribution in [3.63, 3.8) is 0 Å². The summed E-state index contributed by atoms with van der Waals surface area (Å²) in [5, 5.41) is 10.6. The van der Waals surface area contributed by atoms with Crippen molar-refractivity contribution in [3.05, 3.63) is 81.8 Å². The maximum Gasteiger partial charge on any atom is 0.269 e. The van der Waals surface area contributed by atoms with Gasteiger partial charge in [-0.25, -0.2) is 4.98 Å². The molecule has 2 heterocycles. The van der Waals surface area contributed by atoms with Crippen molar-refractivity contribution in [2.75, 3.05) is 0 Å². The van der Waals surface area contributed by atoms with Gasteiger partial charge in [0.05, 0.1) is 10.6 Å². The van der Waals surface area contributed by atoms with E-state index in [1.54, 1.807) is 35.7 Å². The molecule has 6 nitrogen and oxygen atoms in total.